The molecule has 7 nitrogen and oxygen atoms in total. The van der Waals surface area contributed by atoms with Gasteiger partial charge >= 0.3 is 0 Å². The van der Waals surface area contributed by atoms with Crippen molar-refractivity contribution in [3.63, 3.8) is 0 Å². The van der Waals surface area contributed by atoms with Crippen LogP contribution in [0.3, 0.4) is 0 Å². The number of aromatic nitrogens is 4. The minimum absolute atomic E-state index is 0.222. The molecule has 0 amide bonds. The van der Waals surface area contributed by atoms with Crippen LogP contribution in [0.4, 0.5) is 11.6 Å². The Bertz CT molecular complexity index is 915. The summed E-state index contributed by atoms with van der Waals surface area (Å²) in [6.45, 7) is 0.871. The number of halogens is 1. The van der Waals surface area contributed by atoms with E-state index in [0.29, 0.717) is 18.5 Å². The maximum Gasteiger partial charge on any atom is 0.173 e. The van der Waals surface area contributed by atoms with Gasteiger partial charge in [0, 0.05) is 50.6 Å². The van der Waals surface area contributed by atoms with Gasteiger partial charge in [-0.3, -0.25) is 4.98 Å². The zero-order valence-corrected chi connectivity index (χ0v) is 16.8. The first-order valence-corrected chi connectivity index (χ1v) is 9.97. The number of nitrogens with one attached hydrogen (secondary N) is 1. The van der Waals surface area contributed by atoms with Crippen molar-refractivity contribution in [2.24, 2.45) is 5.92 Å². The van der Waals surface area contributed by atoms with Crippen LogP contribution in [0.5, 0.6) is 0 Å². The molecule has 3 heterocycles. The third-order valence-corrected chi connectivity index (χ3v) is 5.88. The predicted octanol–water partition coefficient (Wildman–Crippen LogP) is 3.10. The van der Waals surface area contributed by atoms with Crippen molar-refractivity contribution in [3.8, 4) is 0 Å². The van der Waals surface area contributed by atoms with E-state index in [1.165, 1.54) is 0 Å². The van der Waals surface area contributed by atoms with Crippen molar-refractivity contribution >= 4 is 33.2 Å². The lowest BCUT2D eigenvalue weighted by molar-refractivity contribution is 0.216. The minimum atomic E-state index is 0.222. The van der Waals surface area contributed by atoms with Crippen LogP contribution in [-0.2, 0) is 6.54 Å². The van der Waals surface area contributed by atoms with Gasteiger partial charge < -0.3 is 15.3 Å². The maximum atomic E-state index is 9.69. The number of fused-ring (bicyclic) bond motifs is 1. The molecule has 142 valence electrons. The van der Waals surface area contributed by atoms with Crippen LogP contribution >= 0.6 is 15.9 Å². The Morgan fingerprint density at radius 1 is 1.37 bits per heavy atom. The highest BCUT2D eigenvalue weighted by atomic mass is 79.9. The third kappa shape index (κ3) is 3.64. The normalized spacial score (nSPS) is 19.5. The van der Waals surface area contributed by atoms with Crippen molar-refractivity contribution in [1.29, 1.82) is 0 Å². The number of hydrogen-bond acceptors (Lipinski definition) is 6. The van der Waals surface area contributed by atoms with Gasteiger partial charge in [-0.1, -0.05) is 12.5 Å². The highest BCUT2D eigenvalue weighted by molar-refractivity contribution is 9.10. The Morgan fingerprint density at radius 3 is 3.04 bits per heavy atom. The molecule has 3 aromatic rings. The molecule has 3 aromatic heterocycles. The van der Waals surface area contributed by atoms with Gasteiger partial charge in [0.25, 0.3) is 0 Å². The Morgan fingerprint density at radius 2 is 2.26 bits per heavy atom. The van der Waals surface area contributed by atoms with Crippen LogP contribution in [0.1, 0.15) is 24.8 Å². The fraction of sp³-hybridized carbons (Fsp3) is 0.421. The molecule has 8 heteroatoms. The summed E-state index contributed by atoms with van der Waals surface area (Å²) >= 11 is 3.55. The zero-order chi connectivity index (χ0) is 18.8. The molecule has 0 saturated heterocycles. The summed E-state index contributed by atoms with van der Waals surface area (Å²) in [7, 11) is 2.06. The van der Waals surface area contributed by atoms with Gasteiger partial charge in [0.2, 0.25) is 0 Å². The summed E-state index contributed by atoms with van der Waals surface area (Å²) < 4.78 is 2.66. The lowest BCUT2D eigenvalue weighted by Crippen LogP contribution is -2.36. The van der Waals surface area contributed by atoms with Gasteiger partial charge in [0.15, 0.2) is 5.65 Å². The van der Waals surface area contributed by atoms with Crippen LogP contribution in [0.25, 0.3) is 5.65 Å². The van der Waals surface area contributed by atoms with E-state index in [1.54, 1.807) is 16.9 Å². The SMILES string of the molecule is CN(c1cc(NCc2cccnc2)n2ncc(Br)c2n1)[C@@H]1CCC[C@@H]1CO. The molecular formula is C19H23BrN6O. The fourth-order valence-corrected chi connectivity index (χ4v) is 4.18. The first kappa shape index (κ1) is 18.2. The highest BCUT2D eigenvalue weighted by Crippen LogP contribution is 2.33. The van der Waals surface area contributed by atoms with Gasteiger partial charge in [0.05, 0.1) is 10.7 Å². The quantitative estimate of drug-likeness (QED) is 0.625. The van der Waals surface area contributed by atoms with Crippen molar-refractivity contribution in [3.05, 3.63) is 46.8 Å². The van der Waals surface area contributed by atoms with Crippen LogP contribution in [0.2, 0.25) is 0 Å². The second-order valence-corrected chi connectivity index (χ2v) is 7.85. The van der Waals surface area contributed by atoms with E-state index in [2.05, 4.69) is 43.3 Å². The minimum Gasteiger partial charge on any atom is -0.396 e. The summed E-state index contributed by atoms with van der Waals surface area (Å²) in [6, 6.07) is 6.29. The highest BCUT2D eigenvalue weighted by Gasteiger charge is 2.31. The molecule has 2 N–H and O–H groups in total. The number of rotatable bonds is 6. The number of nitrogens with zero attached hydrogens (tertiary/aromatic N) is 5. The Hall–Kier alpha value is -2.19. The summed E-state index contributed by atoms with van der Waals surface area (Å²) in [4.78, 5) is 11.2. The Labute approximate surface area is 166 Å². The Kier molecular flexibility index (Phi) is 5.27. The summed E-state index contributed by atoms with van der Waals surface area (Å²) in [5, 5.41) is 17.6. The van der Waals surface area contributed by atoms with E-state index in [1.807, 2.05) is 24.4 Å². The van der Waals surface area contributed by atoms with Crippen molar-refractivity contribution in [2.75, 3.05) is 23.9 Å². The average molecular weight is 431 g/mol. The van der Waals surface area contributed by atoms with Gasteiger partial charge in [-0.2, -0.15) is 9.61 Å². The van der Waals surface area contributed by atoms with Gasteiger partial charge in [-0.05, 0) is 40.4 Å². The lowest BCUT2D eigenvalue weighted by atomic mass is 10.0. The summed E-state index contributed by atoms with van der Waals surface area (Å²) in [5.74, 6) is 2.05. The van der Waals surface area contributed by atoms with Gasteiger partial charge in [0.1, 0.15) is 11.6 Å². The van der Waals surface area contributed by atoms with E-state index in [-0.39, 0.29) is 6.61 Å². The predicted molar refractivity (Wildman–Crippen MR) is 109 cm³/mol. The van der Waals surface area contributed by atoms with Crippen molar-refractivity contribution in [1.82, 2.24) is 19.6 Å². The summed E-state index contributed by atoms with van der Waals surface area (Å²) in [5.41, 5.74) is 1.87. The molecular weight excluding hydrogens is 408 g/mol. The topological polar surface area (TPSA) is 78.6 Å². The van der Waals surface area contributed by atoms with Crippen molar-refractivity contribution in [2.45, 2.75) is 31.8 Å². The van der Waals surface area contributed by atoms with Gasteiger partial charge in [-0.15, -0.1) is 0 Å². The number of pyridine rings is 1. The smallest absolute Gasteiger partial charge is 0.173 e. The molecule has 1 aliphatic rings. The number of aliphatic hydroxyl groups excluding tert-OH is 1. The zero-order valence-electron chi connectivity index (χ0n) is 15.2. The Balaban J connectivity index is 1.66. The van der Waals surface area contributed by atoms with E-state index < -0.39 is 0 Å². The molecule has 0 aromatic carbocycles. The first-order chi connectivity index (χ1) is 13.2. The van der Waals surface area contributed by atoms with Crippen LogP contribution < -0.4 is 10.2 Å². The molecule has 2 atom stereocenters. The van der Waals surface area contributed by atoms with E-state index in [4.69, 9.17) is 4.98 Å². The van der Waals surface area contributed by atoms with Crippen LogP contribution in [0.15, 0.2) is 41.3 Å². The molecule has 1 fully saturated rings. The largest absolute Gasteiger partial charge is 0.396 e. The molecule has 4 rings (SSSR count). The second-order valence-electron chi connectivity index (χ2n) is 6.99. The number of anilines is 2. The van der Waals surface area contributed by atoms with Crippen molar-refractivity contribution < 1.29 is 5.11 Å². The van der Waals surface area contributed by atoms with E-state index in [9.17, 15) is 5.11 Å². The maximum absolute atomic E-state index is 9.69. The second kappa shape index (κ2) is 7.82. The average Bonchev–Trinajstić information content (AvgIpc) is 3.33. The third-order valence-electron chi connectivity index (χ3n) is 5.32. The van der Waals surface area contributed by atoms with Crippen LogP contribution in [0, 0.1) is 5.92 Å². The molecule has 1 saturated carbocycles. The van der Waals surface area contributed by atoms with E-state index in [0.717, 1.165) is 46.6 Å². The molecule has 0 unspecified atom stereocenters. The molecule has 27 heavy (non-hydrogen) atoms. The monoisotopic (exact) mass is 430 g/mol. The fourth-order valence-electron chi connectivity index (χ4n) is 3.84. The molecule has 0 spiro atoms. The first-order valence-electron chi connectivity index (χ1n) is 9.18. The summed E-state index contributed by atoms with van der Waals surface area (Å²) in [6.07, 6.45) is 8.66. The molecule has 1 aliphatic carbocycles. The number of hydrogen-bond donors (Lipinski definition) is 2. The molecule has 0 aliphatic heterocycles. The molecule has 0 radical (unpaired) electrons. The molecule has 0 bridgehead atoms. The van der Waals surface area contributed by atoms with Gasteiger partial charge in [-0.25, -0.2) is 4.98 Å². The standard InChI is InChI=1S/C19H23BrN6O/c1-25(16-6-2-5-14(16)12-27)18-8-17(22-10-13-4-3-7-21-9-13)26-19(24-18)15(20)11-23-26/h3-4,7-9,11,14,16,22,27H,2,5-6,10,12H2,1H3/t14-,16-/m1/s1. The van der Waals surface area contributed by atoms with Crippen LogP contribution in [-0.4, -0.2) is 44.4 Å². The lowest BCUT2D eigenvalue weighted by Gasteiger charge is -2.30. The number of aliphatic hydroxyl groups is 1. The van der Waals surface area contributed by atoms with E-state index >= 15 is 0 Å².